The van der Waals surface area contributed by atoms with Gasteiger partial charge in [0.25, 0.3) is 0 Å². The molecule has 0 aromatic carbocycles. The molecule has 0 bridgehead atoms. The second-order valence-corrected chi connectivity index (χ2v) is 6.73. The molecule has 84 valence electrons. The van der Waals surface area contributed by atoms with Crippen molar-refractivity contribution in [2.45, 2.75) is 50.9 Å². The summed E-state index contributed by atoms with van der Waals surface area (Å²) in [6, 6.07) is 2.73. The lowest BCUT2D eigenvalue weighted by atomic mass is 10.3. The second-order valence-electron chi connectivity index (χ2n) is 4.06. The molecule has 0 spiro atoms. The highest BCUT2D eigenvalue weighted by atomic mass is 28.3. The predicted octanol–water partition coefficient (Wildman–Crippen LogP) is 1.20. The van der Waals surface area contributed by atoms with Crippen LogP contribution < -0.4 is 11.1 Å². The Kier molecular flexibility index (Phi) is 6.43. The van der Waals surface area contributed by atoms with E-state index < -0.39 is 9.04 Å². The van der Waals surface area contributed by atoms with Gasteiger partial charge in [0, 0.05) is 13.1 Å². The van der Waals surface area contributed by atoms with Gasteiger partial charge in [-0.2, -0.15) is 0 Å². The molecule has 3 nitrogen and oxygen atoms in total. The van der Waals surface area contributed by atoms with E-state index >= 15 is 0 Å². The zero-order valence-corrected chi connectivity index (χ0v) is 10.5. The molecular weight excluding hydrogens is 192 g/mol. The van der Waals surface area contributed by atoms with E-state index in [1.807, 2.05) is 0 Å². The number of rotatable bonds is 6. The maximum absolute atomic E-state index is 6.06. The van der Waals surface area contributed by atoms with E-state index in [9.17, 15) is 0 Å². The van der Waals surface area contributed by atoms with Gasteiger partial charge in [-0.1, -0.05) is 26.2 Å². The molecule has 4 heteroatoms. The molecule has 1 aliphatic heterocycles. The standard InChI is InChI=1S/C10H24N2OSi/c1-2-3-8-14-9-4-5-10(13-14)12-7-6-11/h10,12,14H,2-9,11H2,1H3. The van der Waals surface area contributed by atoms with Gasteiger partial charge >= 0.3 is 0 Å². The Labute approximate surface area is 89.1 Å². The number of hydrogen-bond donors (Lipinski definition) is 2. The van der Waals surface area contributed by atoms with Crippen molar-refractivity contribution in [2.24, 2.45) is 5.73 Å². The van der Waals surface area contributed by atoms with E-state index in [2.05, 4.69) is 12.2 Å². The molecule has 2 unspecified atom stereocenters. The van der Waals surface area contributed by atoms with Crippen molar-refractivity contribution in [3.05, 3.63) is 0 Å². The Bertz CT molecular complexity index is 132. The minimum Gasteiger partial charge on any atom is -0.405 e. The maximum Gasteiger partial charge on any atom is 0.179 e. The van der Waals surface area contributed by atoms with Gasteiger partial charge < -0.3 is 10.2 Å². The van der Waals surface area contributed by atoms with E-state index in [1.165, 1.54) is 37.8 Å². The molecular formula is C10H24N2OSi. The maximum atomic E-state index is 6.06. The number of unbranched alkanes of at least 4 members (excludes halogenated alkanes) is 1. The lowest BCUT2D eigenvalue weighted by molar-refractivity contribution is 0.135. The van der Waals surface area contributed by atoms with Crippen LogP contribution in [0.3, 0.4) is 0 Å². The Morgan fingerprint density at radius 2 is 2.43 bits per heavy atom. The highest BCUT2D eigenvalue weighted by Crippen LogP contribution is 2.19. The predicted molar refractivity (Wildman–Crippen MR) is 62.8 cm³/mol. The molecule has 1 rings (SSSR count). The second kappa shape index (κ2) is 7.40. The monoisotopic (exact) mass is 216 g/mol. The molecule has 1 aliphatic rings. The van der Waals surface area contributed by atoms with Crippen LogP contribution in [0.1, 0.15) is 32.6 Å². The lowest BCUT2D eigenvalue weighted by Gasteiger charge is -2.30. The quantitative estimate of drug-likeness (QED) is 0.656. The Morgan fingerprint density at radius 3 is 3.14 bits per heavy atom. The molecule has 14 heavy (non-hydrogen) atoms. The van der Waals surface area contributed by atoms with Crippen LogP contribution in [0.5, 0.6) is 0 Å². The van der Waals surface area contributed by atoms with Gasteiger partial charge in [0.15, 0.2) is 9.04 Å². The number of hydrogen-bond acceptors (Lipinski definition) is 3. The smallest absolute Gasteiger partial charge is 0.179 e. The molecule has 1 heterocycles. The molecule has 1 fully saturated rings. The van der Waals surface area contributed by atoms with Gasteiger partial charge in [-0.25, -0.2) is 0 Å². The van der Waals surface area contributed by atoms with Crippen molar-refractivity contribution in [3.63, 3.8) is 0 Å². The van der Waals surface area contributed by atoms with Crippen LogP contribution in [-0.4, -0.2) is 28.4 Å². The first kappa shape index (κ1) is 12.2. The molecule has 0 aromatic heterocycles. The van der Waals surface area contributed by atoms with Gasteiger partial charge in [-0.3, -0.25) is 5.32 Å². The molecule has 0 radical (unpaired) electrons. The molecule has 1 saturated heterocycles. The molecule has 0 aliphatic carbocycles. The molecule has 0 amide bonds. The van der Waals surface area contributed by atoms with Crippen molar-refractivity contribution in [1.82, 2.24) is 5.32 Å². The summed E-state index contributed by atoms with van der Waals surface area (Å²) in [6.07, 6.45) is 5.49. The normalized spacial score (nSPS) is 27.9. The fraction of sp³-hybridized carbons (Fsp3) is 1.00. The van der Waals surface area contributed by atoms with Crippen LogP contribution in [0.2, 0.25) is 12.1 Å². The molecule has 2 atom stereocenters. The van der Waals surface area contributed by atoms with E-state index in [4.69, 9.17) is 10.2 Å². The minimum absolute atomic E-state index is 0.320. The fourth-order valence-electron chi connectivity index (χ4n) is 1.94. The van der Waals surface area contributed by atoms with E-state index in [0.29, 0.717) is 12.8 Å². The summed E-state index contributed by atoms with van der Waals surface area (Å²) < 4.78 is 6.06. The third-order valence-corrected chi connectivity index (χ3v) is 5.56. The highest BCUT2D eigenvalue weighted by molar-refractivity contribution is 6.52. The number of nitrogens with one attached hydrogen (secondary N) is 1. The third-order valence-electron chi connectivity index (χ3n) is 2.75. The summed E-state index contributed by atoms with van der Waals surface area (Å²) in [5.74, 6) is 0. The van der Waals surface area contributed by atoms with Gasteiger partial charge in [0.1, 0.15) is 0 Å². The first-order valence-electron chi connectivity index (χ1n) is 5.95. The molecule has 0 aromatic rings. The van der Waals surface area contributed by atoms with Crippen molar-refractivity contribution >= 4 is 9.04 Å². The Hall–Kier alpha value is 0.0969. The summed E-state index contributed by atoms with van der Waals surface area (Å²) in [6.45, 7) is 3.85. The van der Waals surface area contributed by atoms with E-state index in [0.717, 1.165) is 6.54 Å². The van der Waals surface area contributed by atoms with Crippen LogP contribution in [-0.2, 0) is 4.43 Å². The van der Waals surface area contributed by atoms with Gasteiger partial charge in [-0.05, 0) is 18.5 Å². The van der Waals surface area contributed by atoms with Crippen LogP contribution in [0.25, 0.3) is 0 Å². The van der Waals surface area contributed by atoms with Crippen molar-refractivity contribution in [2.75, 3.05) is 13.1 Å². The van der Waals surface area contributed by atoms with Crippen LogP contribution in [0.15, 0.2) is 0 Å². The Balaban J connectivity index is 2.14. The average molecular weight is 216 g/mol. The van der Waals surface area contributed by atoms with Crippen LogP contribution in [0.4, 0.5) is 0 Å². The van der Waals surface area contributed by atoms with Crippen molar-refractivity contribution in [1.29, 1.82) is 0 Å². The molecule has 0 saturated carbocycles. The number of nitrogens with two attached hydrogens (primary N) is 1. The summed E-state index contributed by atoms with van der Waals surface area (Å²) in [5, 5.41) is 3.37. The zero-order valence-electron chi connectivity index (χ0n) is 9.30. The van der Waals surface area contributed by atoms with Crippen LogP contribution >= 0.6 is 0 Å². The SMILES string of the molecule is CCCC[SiH]1CCCC(NCCN)O1. The van der Waals surface area contributed by atoms with Crippen LogP contribution in [0, 0.1) is 0 Å². The van der Waals surface area contributed by atoms with Gasteiger partial charge in [0.05, 0.1) is 6.23 Å². The van der Waals surface area contributed by atoms with E-state index in [-0.39, 0.29) is 0 Å². The fourth-order valence-corrected chi connectivity index (χ4v) is 4.75. The van der Waals surface area contributed by atoms with Crippen molar-refractivity contribution in [3.8, 4) is 0 Å². The summed E-state index contributed by atoms with van der Waals surface area (Å²) in [5.41, 5.74) is 5.45. The lowest BCUT2D eigenvalue weighted by Crippen LogP contribution is -2.42. The highest BCUT2D eigenvalue weighted by Gasteiger charge is 2.22. The minimum atomic E-state index is -0.848. The topological polar surface area (TPSA) is 47.3 Å². The summed E-state index contributed by atoms with van der Waals surface area (Å²) in [4.78, 5) is 0. The summed E-state index contributed by atoms with van der Waals surface area (Å²) in [7, 11) is -0.848. The summed E-state index contributed by atoms with van der Waals surface area (Å²) >= 11 is 0. The zero-order chi connectivity index (χ0) is 10.2. The molecule has 3 N–H and O–H groups in total. The van der Waals surface area contributed by atoms with Gasteiger partial charge in [-0.15, -0.1) is 0 Å². The third kappa shape index (κ3) is 4.55. The average Bonchev–Trinajstić information content (AvgIpc) is 2.24. The Morgan fingerprint density at radius 1 is 1.57 bits per heavy atom. The van der Waals surface area contributed by atoms with Gasteiger partial charge in [0.2, 0.25) is 0 Å². The first-order valence-corrected chi connectivity index (χ1v) is 8.06. The van der Waals surface area contributed by atoms with E-state index in [1.54, 1.807) is 0 Å². The first-order chi connectivity index (χ1) is 6.86. The van der Waals surface area contributed by atoms with Crippen molar-refractivity contribution < 1.29 is 4.43 Å². The largest absolute Gasteiger partial charge is 0.405 e.